The van der Waals surface area contributed by atoms with Crippen molar-refractivity contribution in [3.05, 3.63) is 53.2 Å². The van der Waals surface area contributed by atoms with Crippen LogP contribution in [0.4, 0.5) is 13.2 Å². The van der Waals surface area contributed by atoms with Crippen LogP contribution in [0, 0.1) is 0 Å². The number of hydrogen-bond donors (Lipinski definition) is 3. The molecule has 23 heavy (non-hydrogen) atoms. The quantitative estimate of drug-likeness (QED) is 0.774. The molecule has 0 aliphatic rings. The normalized spacial score (nSPS) is 12.9. The highest BCUT2D eigenvalue weighted by atomic mass is 19.4. The highest BCUT2D eigenvalue weighted by Crippen LogP contribution is 2.31. The number of rotatable bonds is 5. The summed E-state index contributed by atoms with van der Waals surface area (Å²) in [5.74, 6) is -0.740. The van der Waals surface area contributed by atoms with E-state index in [0.29, 0.717) is 0 Å². The number of nitrogens with two attached hydrogens (primary N) is 1. The Kier molecular flexibility index (Phi) is 5.02. The third-order valence-corrected chi connectivity index (χ3v) is 3.03. The summed E-state index contributed by atoms with van der Waals surface area (Å²) < 4.78 is 43.5. The Hall–Kier alpha value is -2.39. The van der Waals surface area contributed by atoms with Gasteiger partial charge in [-0.25, -0.2) is 4.98 Å². The Balaban J connectivity index is 2.07. The molecule has 0 radical (unpaired) electrons. The van der Waals surface area contributed by atoms with Gasteiger partial charge in [-0.3, -0.25) is 4.79 Å². The molecule has 0 aliphatic heterocycles. The fraction of sp³-hybridized carbons (Fsp3) is 0.286. The third-order valence-electron chi connectivity index (χ3n) is 3.03. The number of aromatic nitrogens is 1. The van der Waals surface area contributed by atoms with Crippen LogP contribution in [-0.4, -0.2) is 22.6 Å². The molecule has 0 saturated carbocycles. The van der Waals surface area contributed by atoms with Crippen molar-refractivity contribution in [2.45, 2.75) is 18.8 Å². The van der Waals surface area contributed by atoms with E-state index in [0.717, 1.165) is 12.3 Å². The molecule has 1 atom stereocenters. The third kappa shape index (κ3) is 4.08. The van der Waals surface area contributed by atoms with Gasteiger partial charge in [0.25, 0.3) is 5.91 Å². The monoisotopic (exact) mass is 329 g/mol. The van der Waals surface area contributed by atoms with Gasteiger partial charge in [0.2, 0.25) is 5.89 Å². The van der Waals surface area contributed by atoms with E-state index in [1.807, 2.05) is 0 Å². The van der Waals surface area contributed by atoms with Crippen LogP contribution in [0.15, 0.2) is 34.9 Å². The van der Waals surface area contributed by atoms with Gasteiger partial charge in [-0.15, -0.1) is 0 Å². The van der Waals surface area contributed by atoms with E-state index >= 15 is 0 Å². The first-order valence-electron chi connectivity index (χ1n) is 6.58. The Labute approximate surface area is 129 Å². The van der Waals surface area contributed by atoms with Crippen LogP contribution in [-0.2, 0) is 12.7 Å². The number of carbonyl (C=O) groups is 1. The maximum absolute atomic E-state index is 12.8. The highest BCUT2D eigenvalue weighted by molar-refractivity contribution is 5.91. The van der Waals surface area contributed by atoms with Crippen molar-refractivity contribution in [1.82, 2.24) is 10.3 Å². The van der Waals surface area contributed by atoms with Crippen molar-refractivity contribution in [2.75, 3.05) is 6.61 Å². The molecule has 1 unspecified atom stereocenters. The van der Waals surface area contributed by atoms with E-state index in [4.69, 9.17) is 15.3 Å². The van der Waals surface area contributed by atoms with Crippen LogP contribution < -0.4 is 11.1 Å². The highest BCUT2D eigenvalue weighted by Gasteiger charge is 2.32. The van der Waals surface area contributed by atoms with Gasteiger partial charge in [0, 0.05) is 6.54 Å². The Morgan fingerprint density at radius 1 is 1.39 bits per heavy atom. The predicted molar refractivity (Wildman–Crippen MR) is 73.1 cm³/mol. The van der Waals surface area contributed by atoms with Crippen LogP contribution in [0.3, 0.4) is 0 Å². The summed E-state index contributed by atoms with van der Waals surface area (Å²) in [7, 11) is 0. The van der Waals surface area contributed by atoms with E-state index in [2.05, 4.69) is 10.3 Å². The summed E-state index contributed by atoms with van der Waals surface area (Å²) >= 11 is 0. The summed E-state index contributed by atoms with van der Waals surface area (Å²) in [5, 5.41) is 11.2. The first-order valence-corrected chi connectivity index (χ1v) is 6.58. The Morgan fingerprint density at radius 3 is 2.74 bits per heavy atom. The zero-order chi connectivity index (χ0) is 17.0. The zero-order valence-corrected chi connectivity index (χ0v) is 11.8. The lowest BCUT2D eigenvalue weighted by molar-refractivity contribution is -0.138. The number of nitrogens with zero attached hydrogens (tertiary/aromatic N) is 1. The number of nitrogens with one attached hydrogen (secondary N) is 1. The van der Waals surface area contributed by atoms with Gasteiger partial charge in [-0.1, -0.05) is 18.2 Å². The molecule has 124 valence electrons. The average molecular weight is 329 g/mol. The summed E-state index contributed by atoms with van der Waals surface area (Å²) in [6.45, 7) is -0.733. The molecule has 0 aliphatic carbocycles. The molecule has 9 heteroatoms. The molecule has 2 aromatic rings. The van der Waals surface area contributed by atoms with Crippen LogP contribution >= 0.6 is 0 Å². The van der Waals surface area contributed by atoms with Gasteiger partial charge in [0.15, 0.2) is 5.69 Å². The van der Waals surface area contributed by atoms with E-state index in [1.54, 1.807) is 0 Å². The first kappa shape index (κ1) is 17.0. The molecule has 1 aromatic carbocycles. The maximum atomic E-state index is 12.8. The molecule has 1 amide bonds. The lowest BCUT2D eigenvalue weighted by Crippen LogP contribution is -2.25. The fourth-order valence-corrected chi connectivity index (χ4v) is 1.86. The number of alkyl halides is 3. The van der Waals surface area contributed by atoms with Crippen molar-refractivity contribution in [3.63, 3.8) is 0 Å². The number of amides is 1. The number of halogens is 3. The van der Waals surface area contributed by atoms with Gasteiger partial charge < -0.3 is 20.6 Å². The van der Waals surface area contributed by atoms with Crippen LogP contribution in [0.1, 0.15) is 33.5 Å². The van der Waals surface area contributed by atoms with Crippen LogP contribution in [0.25, 0.3) is 0 Å². The van der Waals surface area contributed by atoms with E-state index in [-0.39, 0.29) is 23.7 Å². The lowest BCUT2D eigenvalue weighted by Gasteiger charge is -2.12. The first-order chi connectivity index (χ1) is 10.8. The molecule has 0 spiro atoms. The van der Waals surface area contributed by atoms with Crippen molar-refractivity contribution in [2.24, 2.45) is 5.73 Å². The minimum Gasteiger partial charge on any atom is -0.446 e. The minimum atomic E-state index is -4.50. The number of aliphatic hydroxyl groups is 1. The molecule has 4 N–H and O–H groups in total. The molecular formula is C14H14F3N3O3. The second-order valence-electron chi connectivity index (χ2n) is 4.70. The van der Waals surface area contributed by atoms with E-state index in [9.17, 15) is 18.0 Å². The molecule has 1 heterocycles. The van der Waals surface area contributed by atoms with Gasteiger partial charge in [0.1, 0.15) is 12.3 Å². The largest absolute Gasteiger partial charge is 0.446 e. The molecule has 0 bridgehead atoms. The van der Waals surface area contributed by atoms with Gasteiger partial charge >= 0.3 is 6.18 Å². The molecule has 0 fully saturated rings. The molecule has 2 rings (SSSR count). The van der Waals surface area contributed by atoms with Crippen molar-refractivity contribution >= 4 is 5.91 Å². The van der Waals surface area contributed by atoms with E-state index < -0.39 is 30.3 Å². The summed E-state index contributed by atoms with van der Waals surface area (Å²) in [6, 6.07) is 4.07. The standard InChI is InChI=1S/C14H14F3N3O3/c15-14(16,17)9-4-2-1-3-8(9)5-19-12(22)11-7-23-13(20-11)10(18)6-21/h1-4,7,10,21H,5-6,18H2,(H,19,22). The second-order valence-corrected chi connectivity index (χ2v) is 4.70. The van der Waals surface area contributed by atoms with E-state index in [1.165, 1.54) is 18.2 Å². The van der Waals surface area contributed by atoms with Crippen molar-refractivity contribution in [3.8, 4) is 0 Å². The Bertz CT molecular complexity index is 685. The molecule has 0 saturated heterocycles. The maximum Gasteiger partial charge on any atom is 0.416 e. The van der Waals surface area contributed by atoms with Gasteiger partial charge in [0.05, 0.1) is 12.2 Å². The number of carbonyl (C=O) groups excluding carboxylic acids is 1. The van der Waals surface area contributed by atoms with Gasteiger partial charge in [-0.2, -0.15) is 13.2 Å². The summed E-state index contributed by atoms with van der Waals surface area (Å²) in [4.78, 5) is 15.7. The van der Waals surface area contributed by atoms with Gasteiger partial charge in [-0.05, 0) is 11.6 Å². The van der Waals surface area contributed by atoms with Crippen molar-refractivity contribution < 1.29 is 27.5 Å². The van der Waals surface area contributed by atoms with Crippen LogP contribution in [0.2, 0.25) is 0 Å². The molecule has 6 nitrogen and oxygen atoms in total. The number of aliphatic hydroxyl groups excluding tert-OH is 1. The minimum absolute atomic E-state index is 0.0339. The lowest BCUT2D eigenvalue weighted by atomic mass is 10.1. The number of hydrogen-bond acceptors (Lipinski definition) is 5. The molecular weight excluding hydrogens is 315 g/mol. The SMILES string of the molecule is NC(CO)c1nc(C(=O)NCc2ccccc2C(F)(F)F)co1. The fourth-order valence-electron chi connectivity index (χ4n) is 1.86. The number of benzene rings is 1. The smallest absolute Gasteiger partial charge is 0.416 e. The molecule has 1 aromatic heterocycles. The average Bonchev–Trinajstić information content (AvgIpc) is 3.01. The zero-order valence-electron chi connectivity index (χ0n) is 11.8. The predicted octanol–water partition coefficient (Wildman–Crippen LogP) is 1.62. The summed E-state index contributed by atoms with van der Waals surface area (Å²) in [6.07, 6.45) is -3.48. The van der Waals surface area contributed by atoms with Crippen LogP contribution in [0.5, 0.6) is 0 Å². The second kappa shape index (κ2) is 6.80. The topological polar surface area (TPSA) is 101 Å². The number of oxazole rings is 1. The summed E-state index contributed by atoms with van der Waals surface area (Å²) in [5.41, 5.74) is 4.46. The van der Waals surface area contributed by atoms with Crippen molar-refractivity contribution in [1.29, 1.82) is 0 Å². The Morgan fingerprint density at radius 2 is 2.09 bits per heavy atom.